The summed E-state index contributed by atoms with van der Waals surface area (Å²) in [5, 5.41) is 12.0. The Labute approximate surface area is 171 Å². The van der Waals surface area contributed by atoms with Crippen LogP contribution in [-0.4, -0.2) is 45.2 Å². The van der Waals surface area contributed by atoms with Crippen LogP contribution in [0.2, 0.25) is 5.02 Å². The number of rotatable bonds is 5. The van der Waals surface area contributed by atoms with E-state index in [0.29, 0.717) is 24.4 Å². The van der Waals surface area contributed by atoms with E-state index in [1.165, 1.54) is 4.90 Å². The van der Waals surface area contributed by atoms with Gasteiger partial charge in [-0.25, -0.2) is 23.5 Å². The van der Waals surface area contributed by atoms with Crippen molar-refractivity contribution in [3.8, 4) is 0 Å². The third kappa shape index (κ3) is 4.40. The number of hydrogen-bond acceptors (Lipinski definition) is 5. The third-order valence-electron chi connectivity index (χ3n) is 4.97. The molecule has 2 aromatic rings. The number of amides is 2. The zero-order chi connectivity index (χ0) is 21.3. The van der Waals surface area contributed by atoms with E-state index in [1.54, 1.807) is 13.8 Å². The average Bonchev–Trinajstić information content (AvgIpc) is 2.68. The summed E-state index contributed by atoms with van der Waals surface area (Å²) in [5.41, 5.74) is 7.38. The number of anilines is 1. The predicted molar refractivity (Wildman–Crippen MR) is 105 cm³/mol. The van der Waals surface area contributed by atoms with E-state index in [0.717, 1.165) is 17.7 Å². The standard InChI is InChI=1S/C19H22ClF2N5O2/c1-9(8-28)24-19-25-16-7-27(18(23)29)4-3-11(16)17(26-19)10(2)12-5-15(22)13(20)6-14(12)21/h5-6,9-10,28H,3-4,7-8H2,1-2H3,(H2,23,29)(H,24,25,26)/t9-,10+/m0/s1. The number of fused-ring (bicyclic) bond motifs is 1. The smallest absolute Gasteiger partial charge is 0.315 e. The molecule has 1 aliphatic heterocycles. The number of nitrogens with one attached hydrogen (secondary N) is 1. The van der Waals surface area contributed by atoms with Gasteiger partial charge in [-0.1, -0.05) is 18.5 Å². The Balaban J connectivity index is 2.09. The number of aliphatic hydroxyl groups is 1. The van der Waals surface area contributed by atoms with Gasteiger partial charge in [0.1, 0.15) is 11.6 Å². The Bertz CT molecular complexity index is 943. The average molecular weight is 426 g/mol. The number of aliphatic hydroxyl groups excluding tert-OH is 1. The minimum absolute atomic E-state index is 0.117. The normalized spacial score (nSPS) is 15.6. The zero-order valence-corrected chi connectivity index (χ0v) is 16.8. The van der Waals surface area contributed by atoms with Crippen molar-refractivity contribution >= 4 is 23.6 Å². The van der Waals surface area contributed by atoms with Crippen LogP contribution in [0.5, 0.6) is 0 Å². The lowest BCUT2D eigenvalue weighted by Gasteiger charge is -2.29. The number of urea groups is 1. The van der Waals surface area contributed by atoms with E-state index < -0.39 is 23.6 Å². The molecule has 1 aromatic heterocycles. The highest BCUT2D eigenvalue weighted by Gasteiger charge is 2.28. The number of hydrogen-bond donors (Lipinski definition) is 3. The third-order valence-corrected chi connectivity index (χ3v) is 5.26. The first kappa shape index (κ1) is 21.2. The highest BCUT2D eigenvalue weighted by molar-refractivity contribution is 6.30. The molecule has 156 valence electrons. The van der Waals surface area contributed by atoms with E-state index in [-0.39, 0.29) is 35.7 Å². The number of carbonyl (C=O) groups excluding carboxylic acids is 1. The molecule has 3 rings (SSSR count). The lowest BCUT2D eigenvalue weighted by molar-refractivity contribution is 0.201. The Hall–Kier alpha value is -2.52. The van der Waals surface area contributed by atoms with Crippen LogP contribution in [0, 0.1) is 11.6 Å². The highest BCUT2D eigenvalue weighted by atomic mass is 35.5. The van der Waals surface area contributed by atoms with Crippen LogP contribution < -0.4 is 11.1 Å². The summed E-state index contributed by atoms with van der Waals surface area (Å²) in [4.78, 5) is 22.0. The molecule has 0 spiro atoms. The van der Waals surface area contributed by atoms with Gasteiger partial charge in [0.25, 0.3) is 0 Å². The molecule has 4 N–H and O–H groups in total. The Morgan fingerprint density at radius 2 is 2.07 bits per heavy atom. The van der Waals surface area contributed by atoms with Gasteiger partial charge in [-0.15, -0.1) is 0 Å². The van der Waals surface area contributed by atoms with E-state index in [2.05, 4.69) is 15.3 Å². The molecule has 0 unspecified atom stereocenters. The Morgan fingerprint density at radius 3 is 2.72 bits per heavy atom. The minimum atomic E-state index is -0.718. The van der Waals surface area contributed by atoms with Crippen LogP contribution in [0.1, 0.15) is 42.3 Å². The number of nitrogens with two attached hydrogens (primary N) is 1. The van der Waals surface area contributed by atoms with E-state index in [4.69, 9.17) is 17.3 Å². The van der Waals surface area contributed by atoms with Crippen molar-refractivity contribution in [3.05, 3.63) is 51.3 Å². The van der Waals surface area contributed by atoms with Gasteiger partial charge in [-0.2, -0.15) is 0 Å². The zero-order valence-electron chi connectivity index (χ0n) is 16.0. The highest BCUT2D eigenvalue weighted by Crippen LogP contribution is 2.33. The maximum absolute atomic E-state index is 14.5. The van der Waals surface area contributed by atoms with Gasteiger partial charge in [0, 0.05) is 18.5 Å². The van der Waals surface area contributed by atoms with Crippen LogP contribution in [0.25, 0.3) is 0 Å². The maximum atomic E-state index is 14.5. The first-order valence-corrected chi connectivity index (χ1v) is 9.55. The molecule has 0 bridgehead atoms. The Kier molecular flexibility index (Phi) is 6.18. The quantitative estimate of drug-likeness (QED) is 0.639. The fraction of sp³-hybridized carbons (Fsp3) is 0.421. The van der Waals surface area contributed by atoms with Gasteiger partial charge in [-0.05, 0) is 36.6 Å². The predicted octanol–water partition coefficient (Wildman–Crippen LogP) is 2.79. The van der Waals surface area contributed by atoms with E-state index >= 15 is 0 Å². The summed E-state index contributed by atoms with van der Waals surface area (Å²) < 4.78 is 28.5. The number of carbonyl (C=O) groups is 1. The number of primary amides is 1. The lowest BCUT2D eigenvalue weighted by atomic mass is 9.90. The summed E-state index contributed by atoms with van der Waals surface area (Å²) in [7, 11) is 0. The molecule has 0 radical (unpaired) electrons. The summed E-state index contributed by atoms with van der Waals surface area (Å²) in [6.45, 7) is 3.88. The van der Waals surface area contributed by atoms with E-state index in [1.807, 2.05) is 0 Å². The second-order valence-electron chi connectivity index (χ2n) is 7.10. The molecule has 0 aliphatic carbocycles. The number of halogens is 3. The second kappa shape index (κ2) is 8.46. The fourth-order valence-electron chi connectivity index (χ4n) is 3.35. The van der Waals surface area contributed by atoms with Crippen LogP contribution in [0.4, 0.5) is 19.5 Å². The van der Waals surface area contributed by atoms with Gasteiger partial charge < -0.3 is 21.1 Å². The van der Waals surface area contributed by atoms with Crippen LogP contribution in [0.15, 0.2) is 12.1 Å². The molecule has 1 aromatic carbocycles. The molecule has 2 heterocycles. The first-order chi connectivity index (χ1) is 13.7. The van der Waals surface area contributed by atoms with Crippen LogP contribution in [0.3, 0.4) is 0 Å². The number of aromatic nitrogens is 2. The molecule has 0 saturated heterocycles. The molecule has 2 amide bonds. The monoisotopic (exact) mass is 425 g/mol. The maximum Gasteiger partial charge on any atom is 0.315 e. The number of benzene rings is 1. The van der Waals surface area contributed by atoms with Gasteiger partial charge in [0.15, 0.2) is 0 Å². The second-order valence-corrected chi connectivity index (χ2v) is 7.51. The topological polar surface area (TPSA) is 104 Å². The van der Waals surface area contributed by atoms with Crippen LogP contribution >= 0.6 is 11.6 Å². The van der Waals surface area contributed by atoms with E-state index in [9.17, 15) is 18.7 Å². The van der Waals surface area contributed by atoms with Gasteiger partial charge in [0.05, 0.1) is 29.6 Å². The SMILES string of the molecule is C[C@H](c1cc(F)c(Cl)cc1F)c1nc(N[C@@H](C)CO)nc2c1CCN(C(N)=O)C2. The van der Waals surface area contributed by atoms with Crippen molar-refractivity contribution in [1.82, 2.24) is 14.9 Å². The molecule has 0 fully saturated rings. The van der Waals surface area contributed by atoms with Crippen molar-refractivity contribution < 1.29 is 18.7 Å². The summed E-state index contributed by atoms with van der Waals surface area (Å²) in [5.74, 6) is -1.72. The van der Waals surface area contributed by atoms with Crippen molar-refractivity contribution in [3.63, 3.8) is 0 Å². The van der Waals surface area contributed by atoms with Gasteiger partial charge in [-0.3, -0.25) is 0 Å². The molecule has 0 saturated carbocycles. The minimum Gasteiger partial charge on any atom is -0.394 e. The molecule has 29 heavy (non-hydrogen) atoms. The molecular formula is C19H22ClF2N5O2. The molecule has 1 aliphatic rings. The summed E-state index contributed by atoms with van der Waals surface area (Å²) in [6, 6.07) is 1.13. The molecular weight excluding hydrogens is 404 g/mol. The largest absolute Gasteiger partial charge is 0.394 e. The molecule has 10 heteroatoms. The van der Waals surface area contributed by atoms with Gasteiger partial charge in [0.2, 0.25) is 5.95 Å². The fourth-order valence-corrected chi connectivity index (χ4v) is 3.50. The Morgan fingerprint density at radius 1 is 1.34 bits per heavy atom. The van der Waals surface area contributed by atoms with Crippen molar-refractivity contribution in [2.45, 2.75) is 38.8 Å². The number of nitrogens with zero attached hydrogens (tertiary/aromatic N) is 3. The van der Waals surface area contributed by atoms with Crippen molar-refractivity contribution in [2.24, 2.45) is 5.73 Å². The van der Waals surface area contributed by atoms with Gasteiger partial charge >= 0.3 is 6.03 Å². The van der Waals surface area contributed by atoms with Crippen LogP contribution in [-0.2, 0) is 13.0 Å². The molecule has 2 atom stereocenters. The lowest BCUT2D eigenvalue weighted by Crippen LogP contribution is -2.40. The first-order valence-electron chi connectivity index (χ1n) is 9.17. The molecule has 7 nitrogen and oxygen atoms in total. The van der Waals surface area contributed by atoms with Crippen molar-refractivity contribution in [2.75, 3.05) is 18.5 Å². The summed E-state index contributed by atoms with van der Waals surface area (Å²) >= 11 is 5.67. The summed E-state index contributed by atoms with van der Waals surface area (Å²) in [6.07, 6.45) is 0.436. The van der Waals surface area contributed by atoms with Crippen molar-refractivity contribution in [1.29, 1.82) is 0 Å².